The molecule has 1 atom stereocenters. The van der Waals surface area contributed by atoms with Crippen molar-refractivity contribution in [2.45, 2.75) is 25.7 Å². The third kappa shape index (κ3) is 2.92. The minimum atomic E-state index is 0.286. The van der Waals surface area contributed by atoms with Crippen molar-refractivity contribution in [1.82, 2.24) is 15.1 Å². The summed E-state index contributed by atoms with van der Waals surface area (Å²) in [5.74, 6) is 0.286. The van der Waals surface area contributed by atoms with Gasteiger partial charge in [-0.2, -0.15) is 10.2 Å². The summed E-state index contributed by atoms with van der Waals surface area (Å²) in [7, 11) is 0. The standard InChI is InChI=1S/C21H23N3/c1-16(20-9-6-11-22-23-20)21-18(10-14-24-12-4-5-13-24)15-17-7-2-3-8-19(17)21/h2-9,11,16H,10,12-15H2,1H3. The van der Waals surface area contributed by atoms with Crippen molar-refractivity contribution in [3.8, 4) is 0 Å². The van der Waals surface area contributed by atoms with Gasteiger partial charge in [-0.15, -0.1) is 0 Å². The molecule has 3 heteroatoms. The second kappa shape index (κ2) is 6.70. The highest BCUT2D eigenvalue weighted by molar-refractivity contribution is 5.80. The van der Waals surface area contributed by atoms with Gasteiger partial charge in [0.2, 0.25) is 0 Å². The average molecular weight is 317 g/mol. The Morgan fingerprint density at radius 3 is 2.71 bits per heavy atom. The molecule has 2 aliphatic rings. The molecule has 0 saturated carbocycles. The Kier molecular flexibility index (Phi) is 4.26. The van der Waals surface area contributed by atoms with Crippen molar-refractivity contribution in [1.29, 1.82) is 0 Å². The molecular weight excluding hydrogens is 294 g/mol. The summed E-state index contributed by atoms with van der Waals surface area (Å²) in [4.78, 5) is 2.50. The van der Waals surface area contributed by atoms with Crippen LogP contribution >= 0.6 is 0 Å². The van der Waals surface area contributed by atoms with Gasteiger partial charge in [0.25, 0.3) is 0 Å². The largest absolute Gasteiger partial charge is 0.296 e. The van der Waals surface area contributed by atoms with E-state index in [-0.39, 0.29) is 5.92 Å². The minimum absolute atomic E-state index is 0.286. The van der Waals surface area contributed by atoms with Crippen LogP contribution in [0.2, 0.25) is 0 Å². The van der Waals surface area contributed by atoms with Crippen LogP contribution in [0.4, 0.5) is 0 Å². The number of allylic oxidation sites excluding steroid dienone is 1. The molecule has 0 spiro atoms. The summed E-state index contributed by atoms with van der Waals surface area (Å²) >= 11 is 0. The van der Waals surface area contributed by atoms with Crippen molar-refractivity contribution in [3.63, 3.8) is 0 Å². The van der Waals surface area contributed by atoms with Crippen LogP contribution in [0.1, 0.15) is 36.1 Å². The van der Waals surface area contributed by atoms with E-state index in [1.54, 1.807) is 11.8 Å². The Morgan fingerprint density at radius 1 is 1.08 bits per heavy atom. The summed E-state index contributed by atoms with van der Waals surface area (Å²) in [5.41, 5.74) is 6.96. The van der Waals surface area contributed by atoms with Crippen LogP contribution in [0.5, 0.6) is 0 Å². The van der Waals surface area contributed by atoms with Gasteiger partial charge < -0.3 is 0 Å². The van der Waals surface area contributed by atoms with Crippen LogP contribution < -0.4 is 0 Å². The van der Waals surface area contributed by atoms with Gasteiger partial charge in [0.05, 0.1) is 5.69 Å². The Bertz CT molecular complexity index is 769. The third-order valence-corrected chi connectivity index (χ3v) is 5.19. The normalized spacial score (nSPS) is 18.2. The molecule has 122 valence electrons. The van der Waals surface area contributed by atoms with Crippen molar-refractivity contribution >= 4 is 5.57 Å². The Balaban J connectivity index is 1.64. The molecule has 2 aromatic rings. The number of benzene rings is 1. The highest BCUT2D eigenvalue weighted by Gasteiger charge is 2.26. The summed E-state index contributed by atoms with van der Waals surface area (Å²) in [5, 5.41) is 8.44. The molecule has 24 heavy (non-hydrogen) atoms. The zero-order valence-corrected chi connectivity index (χ0v) is 14.2. The van der Waals surface area contributed by atoms with Crippen LogP contribution in [0, 0.1) is 0 Å². The molecule has 2 heterocycles. The fourth-order valence-corrected chi connectivity index (χ4v) is 3.90. The second-order valence-electron chi connectivity index (χ2n) is 6.70. The van der Waals surface area contributed by atoms with Crippen LogP contribution in [0.25, 0.3) is 5.57 Å². The third-order valence-electron chi connectivity index (χ3n) is 5.19. The Labute approximate surface area is 143 Å². The van der Waals surface area contributed by atoms with Gasteiger partial charge in [-0.05, 0) is 41.7 Å². The predicted octanol–water partition coefficient (Wildman–Crippen LogP) is 3.85. The number of fused-ring (bicyclic) bond motifs is 1. The number of aromatic nitrogens is 2. The van der Waals surface area contributed by atoms with E-state index in [1.165, 1.54) is 16.7 Å². The topological polar surface area (TPSA) is 29.0 Å². The molecule has 0 N–H and O–H groups in total. The summed E-state index contributed by atoms with van der Waals surface area (Å²) < 4.78 is 0. The Hall–Kier alpha value is -2.26. The van der Waals surface area contributed by atoms with Crippen molar-refractivity contribution < 1.29 is 0 Å². The van der Waals surface area contributed by atoms with E-state index in [4.69, 9.17) is 0 Å². The fourth-order valence-electron chi connectivity index (χ4n) is 3.90. The van der Waals surface area contributed by atoms with E-state index in [0.29, 0.717) is 0 Å². The zero-order valence-electron chi connectivity index (χ0n) is 14.2. The lowest BCUT2D eigenvalue weighted by Crippen LogP contribution is -2.21. The van der Waals surface area contributed by atoms with E-state index < -0.39 is 0 Å². The lowest BCUT2D eigenvalue weighted by molar-refractivity contribution is 0.356. The number of rotatable bonds is 5. The molecule has 1 aliphatic heterocycles. The maximum absolute atomic E-state index is 4.36. The van der Waals surface area contributed by atoms with E-state index in [1.807, 2.05) is 6.07 Å². The molecule has 0 radical (unpaired) electrons. The van der Waals surface area contributed by atoms with Gasteiger partial charge in [-0.3, -0.25) is 4.90 Å². The van der Waals surface area contributed by atoms with Gasteiger partial charge in [0.1, 0.15) is 0 Å². The first-order chi connectivity index (χ1) is 11.8. The highest BCUT2D eigenvalue weighted by atomic mass is 15.1. The molecular formula is C21H23N3. The van der Waals surface area contributed by atoms with Crippen LogP contribution in [-0.2, 0) is 6.42 Å². The minimum Gasteiger partial charge on any atom is -0.296 e. The number of hydrogen-bond acceptors (Lipinski definition) is 3. The second-order valence-corrected chi connectivity index (χ2v) is 6.70. The smallest absolute Gasteiger partial charge is 0.0703 e. The SMILES string of the molecule is CC(C1=C(CCN2CC=CC2)Cc2ccccc21)c1cccnn1. The maximum Gasteiger partial charge on any atom is 0.0703 e. The summed E-state index contributed by atoms with van der Waals surface area (Å²) in [6, 6.07) is 12.9. The monoisotopic (exact) mass is 317 g/mol. The molecule has 0 bridgehead atoms. The van der Waals surface area contributed by atoms with E-state index in [9.17, 15) is 0 Å². The molecule has 0 amide bonds. The molecule has 0 fully saturated rings. The first-order valence-corrected chi connectivity index (χ1v) is 8.78. The van der Waals surface area contributed by atoms with Gasteiger partial charge in [-0.25, -0.2) is 0 Å². The first-order valence-electron chi connectivity index (χ1n) is 8.78. The molecule has 1 aromatic heterocycles. The predicted molar refractivity (Wildman–Crippen MR) is 97.7 cm³/mol. The van der Waals surface area contributed by atoms with Gasteiger partial charge in [0, 0.05) is 31.7 Å². The van der Waals surface area contributed by atoms with E-state index in [2.05, 4.69) is 64.5 Å². The summed E-state index contributed by atoms with van der Waals surface area (Å²) in [6.07, 6.45) is 8.49. The summed E-state index contributed by atoms with van der Waals surface area (Å²) in [6.45, 7) is 5.58. The van der Waals surface area contributed by atoms with Gasteiger partial charge in [0.15, 0.2) is 0 Å². The van der Waals surface area contributed by atoms with Crippen LogP contribution in [0.15, 0.2) is 60.3 Å². The van der Waals surface area contributed by atoms with Crippen LogP contribution in [-0.4, -0.2) is 34.7 Å². The average Bonchev–Trinajstić information content (AvgIpc) is 3.27. The lowest BCUT2D eigenvalue weighted by atomic mass is 9.90. The molecule has 0 saturated heterocycles. The first kappa shape index (κ1) is 15.3. The molecule has 1 aromatic carbocycles. The van der Waals surface area contributed by atoms with Crippen molar-refractivity contribution in [2.75, 3.05) is 19.6 Å². The highest BCUT2D eigenvalue weighted by Crippen LogP contribution is 2.42. The number of nitrogens with zero attached hydrogens (tertiary/aromatic N) is 3. The lowest BCUT2D eigenvalue weighted by Gasteiger charge is -2.19. The fraction of sp³-hybridized carbons (Fsp3) is 0.333. The van der Waals surface area contributed by atoms with E-state index in [0.717, 1.165) is 38.2 Å². The quantitative estimate of drug-likeness (QED) is 0.784. The van der Waals surface area contributed by atoms with Gasteiger partial charge >= 0.3 is 0 Å². The molecule has 3 nitrogen and oxygen atoms in total. The molecule has 4 rings (SSSR count). The molecule has 1 aliphatic carbocycles. The maximum atomic E-state index is 4.36. The Morgan fingerprint density at radius 2 is 1.92 bits per heavy atom. The number of hydrogen-bond donors (Lipinski definition) is 0. The van der Waals surface area contributed by atoms with Crippen molar-refractivity contribution in [3.05, 3.63) is 77.1 Å². The molecule has 1 unspecified atom stereocenters. The van der Waals surface area contributed by atoms with Gasteiger partial charge in [-0.1, -0.05) is 48.9 Å². The van der Waals surface area contributed by atoms with Crippen molar-refractivity contribution in [2.24, 2.45) is 0 Å². The zero-order chi connectivity index (χ0) is 16.4. The van der Waals surface area contributed by atoms with E-state index >= 15 is 0 Å². The van der Waals surface area contributed by atoms with Crippen LogP contribution in [0.3, 0.4) is 0 Å².